The molecule has 4 atom stereocenters. The number of carbonyl (C=O) groups excluding carboxylic acids is 1. The molecule has 2 saturated carbocycles. The van der Waals surface area contributed by atoms with Gasteiger partial charge in [0.2, 0.25) is 0 Å². The molecule has 31 heavy (non-hydrogen) atoms. The van der Waals surface area contributed by atoms with Gasteiger partial charge in [0.15, 0.2) is 5.69 Å². The van der Waals surface area contributed by atoms with Crippen LogP contribution in [-0.4, -0.2) is 28.6 Å². The van der Waals surface area contributed by atoms with Gasteiger partial charge in [0.1, 0.15) is 5.75 Å². The van der Waals surface area contributed by atoms with Gasteiger partial charge in [-0.25, -0.2) is 4.98 Å². The van der Waals surface area contributed by atoms with Gasteiger partial charge >= 0.3 is 6.18 Å². The van der Waals surface area contributed by atoms with Gasteiger partial charge in [-0.15, -0.1) is 0 Å². The molecule has 2 bridgehead atoms. The number of hydrogen-bond donors (Lipinski definition) is 2. The summed E-state index contributed by atoms with van der Waals surface area (Å²) < 4.78 is 44.3. The molecule has 2 aromatic rings. The fourth-order valence-corrected chi connectivity index (χ4v) is 4.97. The standard InChI is InChI=1S/C23H25F3N2O3/c1-13-5-6-27-20(21(13)29)22(30)28-19-10-15-7-16(18(19)9-15)12-31-11-14-3-2-4-17(8-14)23(24,25)26/h2-6,8,15-16,18-19,29H,7,9-12H2,1H3,(H,28,30). The Morgan fingerprint density at radius 1 is 1.26 bits per heavy atom. The highest BCUT2D eigenvalue weighted by Gasteiger charge is 2.46. The van der Waals surface area contributed by atoms with E-state index in [0.29, 0.717) is 23.7 Å². The summed E-state index contributed by atoms with van der Waals surface area (Å²) >= 11 is 0. The van der Waals surface area contributed by atoms with Crippen LogP contribution in [0.15, 0.2) is 36.5 Å². The molecule has 2 N–H and O–H groups in total. The summed E-state index contributed by atoms with van der Waals surface area (Å²) in [7, 11) is 0. The Bertz CT molecular complexity index is 963. The predicted molar refractivity (Wildman–Crippen MR) is 107 cm³/mol. The normalized spacial score (nSPS) is 25.0. The topological polar surface area (TPSA) is 71.5 Å². The van der Waals surface area contributed by atoms with Gasteiger partial charge in [0, 0.05) is 12.2 Å². The van der Waals surface area contributed by atoms with E-state index >= 15 is 0 Å². The first-order valence-corrected chi connectivity index (χ1v) is 10.4. The number of ether oxygens (including phenoxy) is 1. The Morgan fingerprint density at radius 2 is 2.06 bits per heavy atom. The van der Waals surface area contributed by atoms with Gasteiger partial charge < -0.3 is 15.2 Å². The molecule has 1 heterocycles. The van der Waals surface area contributed by atoms with Crippen molar-refractivity contribution in [1.29, 1.82) is 0 Å². The number of aromatic hydroxyl groups is 1. The number of nitrogens with one attached hydrogen (secondary N) is 1. The number of nitrogens with zero attached hydrogens (tertiary/aromatic N) is 1. The average molecular weight is 434 g/mol. The zero-order valence-electron chi connectivity index (χ0n) is 17.2. The molecule has 0 spiro atoms. The molecular weight excluding hydrogens is 409 g/mol. The molecule has 5 nitrogen and oxygen atoms in total. The van der Waals surface area contributed by atoms with Gasteiger partial charge in [-0.3, -0.25) is 4.79 Å². The van der Waals surface area contributed by atoms with Crippen LogP contribution in [0.1, 0.15) is 46.4 Å². The SMILES string of the molecule is Cc1ccnc(C(=O)NC2CC3CC(COCc4cccc(C(F)(F)F)c4)C2C3)c1O. The maximum absolute atomic E-state index is 12.9. The first-order chi connectivity index (χ1) is 14.7. The second-order valence-corrected chi connectivity index (χ2v) is 8.62. The zero-order valence-corrected chi connectivity index (χ0v) is 17.2. The quantitative estimate of drug-likeness (QED) is 0.704. The van der Waals surface area contributed by atoms with Crippen molar-refractivity contribution in [1.82, 2.24) is 10.3 Å². The van der Waals surface area contributed by atoms with Crippen LogP contribution >= 0.6 is 0 Å². The summed E-state index contributed by atoms with van der Waals surface area (Å²) in [5.41, 5.74) is 0.433. The molecule has 0 radical (unpaired) electrons. The minimum absolute atomic E-state index is 0.0184. The van der Waals surface area contributed by atoms with Crippen LogP contribution in [0.4, 0.5) is 13.2 Å². The summed E-state index contributed by atoms with van der Waals surface area (Å²) in [5, 5.41) is 13.1. The molecule has 0 aliphatic heterocycles. The number of rotatable bonds is 6. The third-order valence-corrected chi connectivity index (χ3v) is 6.46. The van der Waals surface area contributed by atoms with Crippen LogP contribution in [-0.2, 0) is 17.5 Å². The summed E-state index contributed by atoms with van der Waals surface area (Å²) in [5.74, 6) is 0.499. The first kappa shape index (κ1) is 21.6. The lowest BCUT2D eigenvalue weighted by Crippen LogP contribution is -2.42. The van der Waals surface area contributed by atoms with Crippen molar-refractivity contribution in [2.75, 3.05) is 6.61 Å². The van der Waals surface area contributed by atoms with Crippen LogP contribution in [0.25, 0.3) is 0 Å². The van der Waals surface area contributed by atoms with E-state index in [1.807, 2.05) is 0 Å². The van der Waals surface area contributed by atoms with E-state index in [4.69, 9.17) is 4.74 Å². The van der Waals surface area contributed by atoms with Crippen molar-refractivity contribution in [2.24, 2.45) is 17.8 Å². The summed E-state index contributed by atoms with van der Waals surface area (Å²) in [6.45, 7) is 2.27. The summed E-state index contributed by atoms with van der Waals surface area (Å²) in [6.07, 6.45) is -0.00172. The monoisotopic (exact) mass is 434 g/mol. The van der Waals surface area contributed by atoms with Crippen molar-refractivity contribution in [3.05, 3.63) is 58.9 Å². The van der Waals surface area contributed by atoms with Crippen LogP contribution < -0.4 is 5.32 Å². The Kier molecular flexibility index (Phi) is 5.92. The Morgan fingerprint density at radius 3 is 2.81 bits per heavy atom. The molecule has 4 rings (SSSR count). The van der Waals surface area contributed by atoms with Crippen molar-refractivity contribution in [3.8, 4) is 5.75 Å². The molecule has 1 amide bonds. The molecule has 2 aliphatic rings. The molecule has 2 fully saturated rings. The maximum atomic E-state index is 12.9. The number of fused-ring (bicyclic) bond motifs is 2. The fraction of sp³-hybridized carbons (Fsp3) is 0.478. The summed E-state index contributed by atoms with van der Waals surface area (Å²) in [6, 6.07) is 6.80. The number of alkyl halides is 3. The molecule has 1 aromatic heterocycles. The second kappa shape index (κ2) is 8.49. The lowest BCUT2D eigenvalue weighted by atomic mass is 9.85. The molecular formula is C23H25F3N2O3. The zero-order chi connectivity index (χ0) is 22.2. The van der Waals surface area contributed by atoms with E-state index in [1.165, 1.54) is 12.3 Å². The Hall–Kier alpha value is -2.61. The van der Waals surface area contributed by atoms with Gasteiger partial charge in [-0.2, -0.15) is 13.2 Å². The lowest BCUT2D eigenvalue weighted by molar-refractivity contribution is -0.137. The molecule has 8 heteroatoms. The predicted octanol–water partition coefficient (Wildman–Crippen LogP) is 4.48. The third-order valence-electron chi connectivity index (χ3n) is 6.46. The minimum atomic E-state index is -4.37. The van der Waals surface area contributed by atoms with E-state index in [-0.39, 0.29) is 41.8 Å². The number of benzene rings is 1. The molecule has 4 unspecified atom stereocenters. The maximum Gasteiger partial charge on any atom is 0.416 e. The van der Waals surface area contributed by atoms with Crippen molar-refractivity contribution in [3.63, 3.8) is 0 Å². The van der Waals surface area contributed by atoms with E-state index in [2.05, 4.69) is 10.3 Å². The third kappa shape index (κ3) is 4.69. The van der Waals surface area contributed by atoms with E-state index in [1.54, 1.807) is 19.1 Å². The van der Waals surface area contributed by atoms with Crippen LogP contribution in [0.2, 0.25) is 0 Å². The molecule has 1 aromatic carbocycles. The second-order valence-electron chi connectivity index (χ2n) is 8.62. The number of hydrogen-bond acceptors (Lipinski definition) is 4. The largest absolute Gasteiger partial charge is 0.505 e. The van der Waals surface area contributed by atoms with Crippen LogP contribution in [0.3, 0.4) is 0 Å². The van der Waals surface area contributed by atoms with Gasteiger partial charge in [0.25, 0.3) is 5.91 Å². The van der Waals surface area contributed by atoms with E-state index in [0.717, 1.165) is 31.4 Å². The number of aryl methyl sites for hydroxylation is 1. The van der Waals surface area contributed by atoms with Gasteiger partial charge in [-0.1, -0.05) is 12.1 Å². The Balaban J connectivity index is 1.32. The summed E-state index contributed by atoms with van der Waals surface area (Å²) in [4.78, 5) is 16.6. The highest BCUT2D eigenvalue weighted by molar-refractivity contribution is 5.95. The van der Waals surface area contributed by atoms with Crippen LogP contribution in [0.5, 0.6) is 5.75 Å². The van der Waals surface area contributed by atoms with Gasteiger partial charge in [0.05, 0.1) is 18.8 Å². The number of amides is 1. The molecule has 2 aliphatic carbocycles. The van der Waals surface area contributed by atoms with Crippen molar-refractivity contribution >= 4 is 5.91 Å². The van der Waals surface area contributed by atoms with E-state index in [9.17, 15) is 23.1 Å². The van der Waals surface area contributed by atoms with Crippen molar-refractivity contribution in [2.45, 2.75) is 45.0 Å². The molecule has 166 valence electrons. The first-order valence-electron chi connectivity index (χ1n) is 10.4. The number of carbonyl (C=O) groups is 1. The highest BCUT2D eigenvalue weighted by Crippen LogP contribution is 2.48. The van der Waals surface area contributed by atoms with E-state index < -0.39 is 11.7 Å². The number of aromatic nitrogens is 1. The van der Waals surface area contributed by atoms with Crippen LogP contribution in [0, 0.1) is 24.7 Å². The number of pyridine rings is 1. The lowest BCUT2D eigenvalue weighted by Gasteiger charge is -2.30. The van der Waals surface area contributed by atoms with Gasteiger partial charge in [-0.05, 0) is 73.3 Å². The minimum Gasteiger partial charge on any atom is -0.505 e. The molecule has 0 saturated heterocycles. The smallest absolute Gasteiger partial charge is 0.416 e. The number of halogens is 3. The highest BCUT2D eigenvalue weighted by atomic mass is 19.4. The Labute approximate surface area is 178 Å². The fourth-order valence-electron chi connectivity index (χ4n) is 4.97. The average Bonchev–Trinajstić information content (AvgIpc) is 3.29. The van der Waals surface area contributed by atoms with Crippen molar-refractivity contribution < 1.29 is 27.8 Å².